The number of aliphatic imine (C=N–C) groups is 1. The fraction of sp³-hybridized carbons (Fsp3) is 0.400. The Morgan fingerprint density at radius 1 is 0.786 bits per heavy atom. The fourth-order valence-corrected chi connectivity index (χ4v) is 8.96. The Labute approximate surface area is 348 Å². The van der Waals surface area contributed by atoms with Crippen molar-refractivity contribution < 1.29 is 30.5 Å². The second-order valence-corrected chi connectivity index (χ2v) is 18.6. The van der Waals surface area contributed by atoms with Gasteiger partial charge in [0.25, 0.3) is 0 Å². The molecule has 2 aromatic heterocycles. The van der Waals surface area contributed by atoms with Crippen LogP contribution in [0.5, 0.6) is 11.5 Å². The molecule has 2 aliphatic rings. The van der Waals surface area contributed by atoms with Crippen molar-refractivity contribution in [1.29, 1.82) is 0 Å². The van der Waals surface area contributed by atoms with Crippen molar-refractivity contribution >= 4 is 27.8 Å². The average Bonchev–Trinajstić information content (AvgIpc) is 3.86. The molecule has 1 atom stereocenters. The van der Waals surface area contributed by atoms with Crippen LogP contribution in [0.15, 0.2) is 71.9 Å². The van der Waals surface area contributed by atoms with Crippen molar-refractivity contribution in [1.82, 2.24) is 9.55 Å². The van der Waals surface area contributed by atoms with Crippen LogP contribution < -0.4 is 4.74 Å². The van der Waals surface area contributed by atoms with Gasteiger partial charge in [0.1, 0.15) is 18.2 Å². The van der Waals surface area contributed by atoms with Crippen LogP contribution >= 0.6 is 0 Å². The van der Waals surface area contributed by atoms with E-state index in [-0.39, 0.29) is 37.4 Å². The van der Waals surface area contributed by atoms with Gasteiger partial charge in [0.05, 0.1) is 11.1 Å². The van der Waals surface area contributed by atoms with Crippen LogP contribution in [0.2, 0.25) is 0 Å². The van der Waals surface area contributed by atoms with E-state index >= 15 is 0 Å². The molecule has 0 N–H and O–H groups in total. The maximum absolute atomic E-state index is 6.93. The van der Waals surface area contributed by atoms with Gasteiger partial charge >= 0.3 is 21.1 Å². The number of ether oxygens (including phenoxy) is 2. The Bertz CT molecular complexity index is 2480. The van der Waals surface area contributed by atoms with Crippen molar-refractivity contribution in [2.45, 2.75) is 118 Å². The quantitative estimate of drug-likeness (QED) is 0.156. The summed E-state index contributed by atoms with van der Waals surface area (Å²) in [4.78, 5) is 10.3. The molecular weight excluding hydrogens is 870 g/mol. The van der Waals surface area contributed by atoms with E-state index in [4.69, 9.17) is 19.5 Å². The van der Waals surface area contributed by atoms with Crippen molar-refractivity contribution in [3.8, 4) is 28.3 Å². The Kier molecular flexibility index (Phi) is 10.4. The first-order valence-corrected chi connectivity index (χ1v) is 20.0. The second-order valence-electron chi connectivity index (χ2n) is 18.6. The molecular formula is C50H55N3O2Pt. The molecule has 0 unspecified atom stereocenters. The fourth-order valence-electron chi connectivity index (χ4n) is 8.96. The van der Waals surface area contributed by atoms with Crippen molar-refractivity contribution in [2.24, 2.45) is 10.9 Å². The first-order chi connectivity index (χ1) is 26.0. The molecule has 5 nitrogen and oxygen atoms in total. The smallest absolute Gasteiger partial charge is 0.518 e. The molecule has 8 rings (SSSR count). The summed E-state index contributed by atoms with van der Waals surface area (Å²) in [5.74, 6) is 2.42. The van der Waals surface area contributed by atoms with Gasteiger partial charge in [-0.05, 0) is 110 Å². The van der Waals surface area contributed by atoms with E-state index < -0.39 is 0 Å². The molecule has 0 radical (unpaired) electrons. The third kappa shape index (κ3) is 7.37. The van der Waals surface area contributed by atoms with Gasteiger partial charge in [-0.15, -0.1) is 29.8 Å². The van der Waals surface area contributed by atoms with Gasteiger partial charge in [0.2, 0.25) is 0 Å². The number of hydrogen-bond acceptors (Lipinski definition) is 4. The molecule has 1 aliphatic carbocycles. The topological polar surface area (TPSA) is 48.6 Å². The third-order valence-corrected chi connectivity index (χ3v) is 12.0. The van der Waals surface area contributed by atoms with Crippen molar-refractivity contribution in [3.05, 3.63) is 118 Å². The standard InChI is InChI=1S/C50H55N3O2.Pt/c1-30-20-32(3)44(33(4)21-30)34-22-35(47-52-50(11,29-54-47)36-14-12-13-15-36)24-40(23-34)55-41-26-38(49(8,9)10)25-39(28-41)53-43-17-16-37(48(5,6)7)27-42(43)45-31(2)18-19-51-46(45)53;/h16-23,25-27,36H,12-15,29H2,1-11H3;/q-2;+2/t50-;/m0./s1. The molecule has 1 saturated carbocycles. The largest absolute Gasteiger partial charge is 2.00 e. The maximum Gasteiger partial charge on any atom is 2.00 e. The zero-order chi connectivity index (χ0) is 39.0. The van der Waals surface area contributed by atoms with Crippen LogP contribution in [0.25, 0.3) is 38.8 Å². The first kappa shape index (κ1) is 40.0. The number of pyridine rings is 1. The second kappa shape index (κ2) is 14.6. The predicted molar refractivity (Wildman–Crippen MR) is 227 cm³/mol. The molecule has 292 valence electrons. The summed E-state index contributed by atoms with van der Waals surface area (Å²) in [5.41, 5.74) is 12.9. The first-order valence-electron chi connectivity index (χ1n) is 20.0. The molecule has 3 heterocycles. The SMILES string of the molecule is Cc1cc(C)c(-c2cc(Oc3[c-]c(-n4c5ccc(C(C)(C)C)cc5c5c(C)ccnc54)cc(C(C)(C)C)c3)[c-]c(C3=N[C@](C)(C4CCCC4)CO3)c2)c(C)c1.[Pt+2]. The minimum absolute atomic E-state index is 0. The molecule has 1 fully saturated rings. The summed E-state index contributed by atoms with van der Waals surface area (Å²) in [5, 5.41) is 2.36. The average molecular weight is 925 g/mol. The van der Waals surface area contributed by atoms with Gasteiger partial charge in [-0.1, -0.05) is 107 Å². The summed E-state index contributed by atoms with van der Waals surface area (Å²) < 4.78 is 15.6. The van der Waals surface area contributed by atoms with E-state index in [1.165, 1.54) is 64.5 Å². The molecule has 6 heteroatoms. The van der Waals surface area contributed by atoms with E-state index in [0.717, 1.165) is 38.9 Å². The molecule has 6 aromatic rings. The molecule has 0 amide bonds. The van der Waals surface area contributed by atoms with Gasteiger partial charge in [0.15, 0.2) is 0 Å². The Morgan fingerprint density at radius 3 is 2.14 bits per heavy atom. The van der Waals surface area contributed by atoms with Gasteiger partial charge in [0, 0.05) is 28.5 Å². The van der Waals surface area contributed by atoms with E-state index in [9.17, 15) is 0 Å². The number of aryl methyl sites for hydroxylation is 4. The minimum Gasteiger partial charge on any atom is -0.518 e. The monoisotopic (exact) mass is 924 g/mol. The summed E-state index contributed by atoms with van der Waals surface area (Å²) in [7, 11) is 0. The Morgan fingerprint density at radius 2 is 1.46 bits per heavy atom. The normalized spacial score (nSPS) is 17.7. The number of rotatable bonds is 6. The minimum atomic E-state index is -0.224. The zero-order valence-electron chi connectivity index (χ0n) is 34.9. The summed E-state index contributed by atoms with van der Waals surface area (Å²) in [6, 6.07) is 29.4. The molecule has 1 aliphatic heterocycles. The zero-order valence-corrected chi connectivity index (χ0v) is 37.2. The van der Waals surface area contributed by atoms with Crippen LogP contribution in [0, 0.1) is 45.7 Å². The molecule has 0 saturated heterocycles. The van der Waals surface area contributed by atoms with Crippen LogP contribution in [0.3, 0.4) is 0 Å². The van der Waals surface area contributed by atoms with Gasteiger partial charge in [-0.25, -0.2) is 4.98 Å². The summed E-state index contributed by atoms with van der Waals surface area (Å²) in [6.45, 7) is 25.1. The van der Waals surface area contributed by atoms with Gasteiger partial charge < -0.3 is 14.0 Å². The van der Waals surface area contributed by atoms with Crippen LogP contribution in [-0.2, 0) is 36.6 Å². The Balaban J connectivity index is 0.00000480. The van der Waals surface area contributed by atoms with Crippen LogP contribution in [0.4, 0.5) is 0 Å². The molecule has 56 heavy (non-hydrogen) atoms. The van der Waals surface area contributed by atoms with E-state index in [1.54, 1.807) is 0 Å². The van der Waals surface area contributed by atoms with Crippen molar-refractivity contribution in [2.75, 3.05) is 6.61 Å². The predicted octanol–water partition coefficient (Wildman–Crippen LogP) is 12.8. The third-order valence-electron chi connectivity index (χ3n) is 12.0. The molecule has 4 aromatic carbocycles. The van der Waals surface area contributed by atoms with Gasteiger partial charge in [-0.3, -0.25) is 4.99 Å². The molecule has 0 spiro atoms. The van der Waals surface area contributed by atoms with Crippen LogP contribution in [0.1, 0.15) is 113 Å². The number of benzene rings is 4. The summed E-state index contributed by atoms with van der Waals surface area (Å²) in [6.07, 6.45) is 6.86. The number of aromatic nitrogens is 2. The van der Waals surface area contributed by atoms with E-state index in [2.05, 4.69) is 154 Å². The maximum atomic E-state index is 6.93. The Hall–Kier alpha value is -4.21. The summed E-state index contributed by atoms with van der Waals surface area (Å²) >= 11 is 0. The number of nitrogens with zero attached hydrogens (tertiary/aromatic N) is 3. The molecule has 0 bridgehead atoms. The van der Waals surface area contributed by atoms with Gasteiger partial charge in [-0.2, -0.15) is 0 Å². The number of hydrogen-bond donors (Lipinski definition) is 0. The van der Waals surface area contributed by atoms with Crippen molar-refractivity contribution in [3.63, 3.8) is 0 Å². The number of fused-ring (bicyclic) bond motifs is 3. The van der Waals surface area contributed by atoms with Crippen LogP contribution in [-0.4, -0.2) is 27.6 Å². The van der Waals surface area contributed by atoms with E-state index in [0.29, 0.717) is 29.9 Å². The van der Waals surface area contributed by atoms with E-state index in [1.807, 2.05) is 6.20 Å².